The normalized spacial score (nSPS) is 13.4. The van der Waals surface area contributed by atoms with Gasteiger partial charge in [-0.1, -0.05) is 41.9 Å². The summed E-state index contributed by atoms with van der Waals surface area (Å²) in [5.74, 6) is 0.318. The molecule has 0 heterocycles. The van der Waals surface area contributed by atoms with Crippen molar-refractivity contribution in [1.29, 1.82) is 0 Å². The fourth-order valence-electron chi connectivity index (χ4n) is 3.09. The Labute approximate surface area is 173 Å². The van der Waals surface area contributed by atoms with Gasteiger partial charge in [0.1, 0.15) is 0 Å². The summed E-state index contributed by atoms with van der Waals surface area (Å²) in [6.45, 7) is 11.2. The zero-order chi connectivity index (χ0) is 21.4. The van der Waals surface area contributed by atoms with Crippen LogP contribution in [0.2, 0.25) is 0 Å². The third-order valence-electron chi connectivity index (χ3n) is 4.89. The van der Waals surface area contributed by atoms with Gasteiger partial charge in [-0.3, -0.25) is 4.79 Å². The van der Waals surface area contributed by atoms with Gasteiger partial charge >= 0.3 is 0 Å². The molecule has 0 bridgehead atoms. The van der Waals surface area contributed by atoms with Gasteiger partial charge in [-0.25, -0.2) is 0 Å². The second kappa shape index (κ2) is 16.6. The summed E-state index contributed by atoms with van der Waals surface area (Å²) >= 11 is 0. The van der Waals surface area contributed by atoms with Crippen molar-refractivity contribution < 1.29 is 15.0 Å². The molecule has 0 saturated heterocycles. The first kappa shape index (κ1) is 26.6. The number of aliphatic hydroxyl groups is 2. The number of hydrogen-bond acceptors (Lipinski definition) is 3. The van der Waals surface area contributed by atoms with E-state index in [4.69, 9.17) is 10.2 Å². The smallest absolute Gasteiger partial charge is 0.222 e. The van der Waals surface area contributed by atoms with Gasteiger partial charge in [0, 0.05) is 19.5 Å². The van der Waals surface area contributed by atoms with Gasteiger partial charge in [0.25, 0.3) is 0 Å². The van der Waals surface area contributed by atoms with Crippen LogP contribution in [0.15, 0.2) is 34.9 Å². The van der Waals surface area contributed by atoms with E-state index in [-0.39, 0.29) is 19.1 Å². The molecule has 4 heteroatoms. The second-order valence-electron chi connectivity index (χ2n) is 8.17. The van der Waals surface area contributed by atoms with Crippen LogP contribution in [0.1, 0.15) is 79.6 Å². The Bertz CT molecular complexity index is 510. The van der Waals surface area contributed by atoms with Crippen molar-refractivity contribution in [3.05, 3.63) is 34.9 Å². The Morgan fingerprint density at radius 3 is 1.86 bits per heavy atom. The maximum absolute atomic E-state index is 12.2. The fourth-order valence-corrected chi connectivity index (χ4v) is 3.09. The third kappa shape index (κ3) is 14.6. The van der Waals surface area contributed by atoms with Crippen LogP contribution in [0.3, 0.4) is 0 Å². The Hall–Kier alpha value is -1.39. The van der Waals surface area contributed by atoms with Gasteiger partial charge in [-0.2, -0.15) is 0 Å². The number of carbonyl (C=O) groups is 1. The number of nitrogens with zero attached hydrogens (tertiary/aromatic N) is 1. The number of hydrogen-bond donors (Lipinski definition) is 2. The molecule has 0 aromatic rings. The first-order valence-corrected chi connectivity index (χ1v) is 10.7. The highest BCUT2D eigenvalue weighted by atomic mass is 16.3. The first-order valence-electron chi connectivity index (χ1n) is 10.7. The topological polar surface area (TPSA) is 60.8 Å². The van der Waals surface area contributed by atoms with Crippen molar-refractivity contribution in [1.82, 2.24) is 4.90 Å². The highest BCUT2D eigenvalue weighted by Crippen LogP contribution is 2.16. The molecule has 1 atom stereocenters. The van der Waals surface area contributed by atoms with E-state index in [1.54, 1.807) is 4.90 Å². The largest absolute Gasteiger partial charge is 0.395 e. The minimum Gasteiger partial charge on any atom is -0.395 e. The number of rotatable bonds is 15. The first-order chi connectivity index (χ1) is 13.3. The summed E-state index contributed by atoms with van der Waals surface area (Å²) in [7, 11) is 0. The van der Waals surface area contributed by atoms with Crippen molar-refractivity contribution >= 4 is 5.91 Å². The van der Waals surface area contributed by atoms with E-state index in [0.29, 0.717) is 25.4 Å². The number of aliphatic hydroxyl groups excluding tert-OH is 2. The molecule has 162 valence electrons. The monoisotopic (exact) mass is 393 g/mol. The molecule has 0 radical (unpaired) electrons. The predicted molar refractivity (Wildman–Crippen MR) is 119 cm³/mol. The molecule has 0 aliphatic carbocycles. The molecule has 0 saturated carbocycles. The zero-order valence-electron chi connectivity index (χ0n) is 18.8. The number of carbonyl (C=O) groups excluding carboxylic acids is 1. The molecule has 0 fully saturated rings. The van der Waals surface area contributed by atoms with E-state index < -0.39 is 0 Å². The molecule has 0 spiro atoms. The molecule has 0 aliphatic rings. The SMILES string of the molecule is CC(C)=CCC/C(C)=C/CC/C(C)=C/CCC(C)CC(=O)N(CCO)CCO. The van der Waals surface area contributed by atoms with Gasteiger partial charge in [0.15, 0.2) is 0 Å². The molecule has 0 aromatic heterocycles. The van der Waals surface area contributed by atoms with E-state index in [1.807, 2.05) is 0 Å². The molecule has 1 unspecified atom stereocenters. The van der Waals surface area contributed by atoms with Crippen molar-refractivity contribution in [3.63, 3.8) is 0 Å². The summed E-state index contributed by atoms with van der Waals surface area (Å²) in [5, 5.41) is 18.1. The van der Waals surface area contributed by atoms with E-state index in [9.17, 15) is 4.79 Å². The minimum atomic E-state index is -0.0646. The fraction of sp³-hybridized carbons (Fsp3) is 0.708. The average Bonchev–Trinajstić information content (AvgIpc) is 2.61. The molecule has 28 heavy (non-hydrogen) atoms. The quantitative estimate of drug-likeness (QED) is 0.384. The molecule has 2 N–H and O–H groups in total. The number of amides is 1. The van der Waals surface area contributed by atoms with E-state index >= 15 is 0 Å². The molecular weight excluding hydrogens is 350 g/mol. The molecular formula is C24H43NO3. The highest BCUT2D eigenvalue weighted by molar-refractivity contribution is 5.76. The van der Waals surface area contributed by atoms with Crippen LogP contribution in [0.4, 0.5) is 0 Å². The Morgan fingerprint density at radius 2 is 1.36 bits per heavy atom. The van der Waals surface area contributed by atoms with Crippen LogP contribution in [0.25, 0.3) is 0 Å². The zero-order valence-corrected chi connectivity index (χ0v) is 18.8. The summed E-state index contributed by atoms with van der Waals surface area (Å²) in [4.78, 5) is 13.8. The van der Waals surface area contributed by atoms with Crippen molar-refractivity contribution in [2.24, 2.45) is 5.92 Å². The summed E-state index contributed by atoms with van der Waals surface area (Å²) in [5.41, 5.74) is 4.26. The van der Waals surface area contributed by atoms with Crippen LogP contribution < -0.4 is 0 Å². The Kier molecular flexibility index (Phi) is 15.7. The summed E-state index contributed by atoms with van der Waals surface area (Å²) < 4.78 is 0. The summed E-state index contributed by atoms with van der Waals surface area (Å²) in [6, 6.07) is 0. The van der Waals surface area contributed by atoms with Gasteiger partial charge in [-0.05, 0) is 72.1 Å². The lowest BCUT2D eigenvalue weighted by Gasteiger charge is -2.22. The van der Waals surface area contributed by atoms with E-state index in [0.717, 1.165) is 38.5 Å². The standard InChI is InChI=1S/C24H43NO3/c1-20(2)9-6-10-21(3)11-7-12-22(4)13-8-14-23(5)19-24(28)25(15-17-26)16-18-27/h9,11,13,23,26-27H,6-8,10,12,14-19H2,1-5H3/b21-11+,22-13+. The predicted octanol–water partition coefficient (Wildman–Crippen LogP) is 5.03. The lowest BCUT2D eigenvalue weighted by molar-refractivity contribution is -0.133. The molecule has 0 rings (SSSR count). The van der Waals surface area contributed by atoms with Crippen molar-refractivity contribution in [2.45, 2.75) is 79.6 Å². The van der Waals surface area contributed by atoms with Crippen molar-refractivity contribution in [2.75, 3.05) is 26.3 Å². The van der Waals surface area contributed by atoms with Gasteiger partial charge < -0.3 is 15.1 Å². The minimum absolute atomic E-state index is 0.0185. The molecule has 4 nitrogen and oxygen atoms in total. The van der Waals surface area contributed by atoms with Crippen LogP contribution in [-0.4, -0.2) is 47.3 Å². The Balaban J connectivity index is 4.15. The van der Waals surface area contributed by atoms with Crippen LogP contribution in [-0.2, 0) is 4.79 Å². The second-order valence-corrected chi connectivity index (χ2v) is 8.17. The maximum Gasteiger partial charge on any atom is 0.222 e. The van der Waals surface area contributed by atoms with E-state index in [1.165, 1.54) is 16.7 Å². The van der Waals surface area contributed by atoms with Crippen molar-refractivity contribution in [3.8, 4) is 0 Å². The number of allylic oxidation sites excluding steroid dienone is 6. The molecule has 0 aliphatic heterocycles. The van der Waals surface area contributed by atoms with E-state index in [2.05, 4.69) is 52.8 Å². The van der Waals surface area contributed by atoms with Gasteiger partial charge in [0.2, 0.25) is 5.91 Å². The van der Waals surface area contributed by atoms with Gasteiger partial charge in [-0.15, -0.1) is 0 Å². The maximum atomic E-state index is 12.2. The molecule has 0 aromatic carbocycles. The molecule has 1 amide bonds. The van der Waals surface area contributed by atoms with Crippen LogP contribution >= 0.6 is 0 Å². The highest BCUT2D eigenvalue weighted by Gasteiger charge is 2.15. The third-order valence-corrected chi connectivity index (χ3v) is 4.89. The van der Waals surface area contributed by atoms with Gasteiger partial charge in [0.05, 0.1) is 13.2 Å². The lowest BCUT2D eigenvalue weighted by Crippen LogP contribution is -2.36. The average molecular weight is 394 g/mol. The Morgan fingerprint density at radius 1 is 0.857 bits per heavy atom. The summed E-state index contributed by atoms with van der Waals surface area (Å²) in [6.07, 6.45) is 13.8. The van der Waals surface area contributed by atoms with Crippen LogP contribution in [0.5, 0.6) is 0 Å². The lowest BCUT2D eigenvalue weighted by atomic mass is 9.99. The van der Waals surface area contributed by atoms with Crippen LogP contribution in [0, 0.1) is 5.92 Å².